The fourth-order valence-electron chi connectivity index (χ4n) is 3.61. The summed E-state index contributed by atoms with van der Waals surface area (Å²) in [5.74, 6) is 0.548. The molecule has 0 radical (unpaired) electrons. The van der Waals surface area contributed by atoms with Crippen molar-refractivity contribution in [1.29, 1.82) is 0 Å². The van der Waals surface area contributed by atoms with Crippen LogP contribution < -0.4 is 14.8 Å². The van der Waals surface area contributed by atoms with Gasteiger partial charge in [-0.2, -0.15) is 4.31 Å². The van der Waals surface area contributed by atoms with Gasteiger partial charge in [-0.25, -0.2) is 8.42 Å². The molecule has 1 atom stereocenters. The third-order valence-electron chi connectivity index (χ3n) is 5.29. The number of rotatable bonds is 5. The second-order valence-electron chi connectivity index (χ2n) is 7.19. The van der Waals surface area contributed by atoms with Gasteiger partial charge in [0.25, 0.3) is 0 Å². The molecule has 2 aromatic carbocycles. The van der Waals surface area contributed by atoms with Crippen LogP contribution in [-0.2, 0) is 26.0 Å². The van der Waals surface area contributed by atoms with Crippen LogP contribution in [0.3, 0.4) is 0 Å². The maximum absolute atomic E-state index is 13.0. The quantitative estimate of drug-likeness (QED) is 0.776. The number of fused-ring (bicyclic) bond motifs is 1. The van der Waals surface area contributed by atoms with E-state index < -0.39 is 10.0 Å². The number of ether oxygens (including phenoxy) is 3. The summed E-state index contributed by atoms with van der Waals surface area (Å²) in [7, 11) is -2.22. The number of nitrogens with zero attached hydrogens (tertiary/aromatic N) is 1. The lowest BCUT2D eigenvalue weighted by Gasteiger charge is -2.27. The summed E-state index contributed by atoms with van der Waals surface area (Å²) in [4.78, 5) is 13.0. The number of amides is 1. The van der Waals surface area contributed by atoms with Crippen LogP contribution in [0.5, 0.6) is 11.5 Å². The highest BCUT2D eigenvalue weighted by Gasteiger charge is 2.29. The van der Waals surface area contributed by atoms with Crippen molar-refractivity contribution in [2.24, 2.45) is 5.92 Å². The normalized spacial score (nSPS) is 19.4. The van der Waals surface area contributed by atoms with E-state index in [9.17, 15) is 13.2 Å². The first-order chi connectivity index (χ1) is 14.5. The number of hydrogen-bond acceptors (Lipinski definition) is 6. The number of para-hydroxylation sites is 1. The molecule has 160 valence electrons. The van der Waals surface area contributed by atoms with Crippen molar-refractivity contribution in [3.8, 4) is 11.5 Å². The first kappa shape index (κ1) is 20.6. The van der Waals surface area contributed by atoms with Gasteiger partial charge in [-0.3, -0.25) is 4.79 Å². The van der Waals surface area contributed by atoms with Crippen molar-refractivity contribution >= 4 is 21.6 Å². The standard InChI is InChI=1S/C21H24N2O6S/c1-27-20-7-6-17(30(25,26)23-8-10-28-11-9-23)13-18(20)22-21(24)16-12-15-4-2-3-5-19(15)29-14-16/h2-7,13,16H,8-12,14H2,1H3,(H,22,24)/t16-/m1/s1. The van der Waals surface area contributed by atoms with E-state index in [1.807, 2.05) is 24.3 Å². The van der Waals surface area contributed by atoms with Crippen molar-refractivity contribution in [1.82, 2.24) is 4.31 Å². The predicted molar refractivity (Wildman–Crippen MR) is 110 cm³/mol. The lowest BCUT2D eigenvalue weighted by atomic mass is 9.96. The molecule has 4 rings (SSSR count). The number of benzene rings is 2. The Balaban J connectivity index is 1.55. The number of sulfonamides is 1. The number of anilines is 1. The maximum atomic E-state index is 13.0. The largest absolute Gasteiger partial charge is 0.495 e. The number of methoxy groups -OCH3 is 1. The van der Waals surface area contributed by atoms with Crippen LogP contribution in [0.2, 0.25) is 0 Å². The second-order valence-corrected chi connectivity index (χ2v) is 9.13. The molecule has 8 nitrogen and oxygen atoms in total. The van der Waals surface area contributed by atoms with Crippen LogP contribution in [0.25, 0.3) is 0 Å². The van der Waals surface area contributed by atoms with Crippen molar-refractivity contribution in [3.63, 3.8) is 0 Å². The summed E-state index contributed by atoms with van der Waals surface area (Å²) in [6.07, 6.45) is 0.552. The Morgan fingerprint density at radius 2 is 1.93 bits per heavy atom. The van der Waals surface area contributed by atoms with Crippen LogP contribution in [0, 0.1) is 5.92 Å². The van der Waals surface area contributed by atoms with E-state index in [0.29, 0.717) is 44.2 Å². The fourth-order valence-corrected chi connectivity index (χ4v) is 5.05. The lowest BCUT2D eigenvalue weighted by Crippen LogP contribution is -2.40. The minimum atomic E-state index is -3.69. The molecule has 0 aliphatic carbocycles. The molecule has 0 bridgehead atoms. The molecule has 1 saturated heterocycles. The van der Waals surface area contributed by atoms with Gasteiger partial charge in [0.05, 0.1) is 36.8 Å². The molecule has 0 spiro atoms. The average Bonchev–Trinajstić information content (AvgIpc) is 2.79. The highest BCUT2D eigenvalue weighted by molar-refractivity contribution is 7.89. The van der Waals surface area contributed by atoms with Crippen LogP contribution >= 0.6 is 0 Å². The molecule has 1 fully saturated rings. The Labute approximate surface area is 175 Å². The summed E-state index contributed by atoms with van der Waals surface area (Å²) in [6.45, 7) is 1.59. The van der Waals surface area contributed by atoms with Crippen LogP contribution in [0.4, 0.5) is 5.69 Å². The molecule has 1 N–H and O–H groups in total. The number of carbonyl (C=O) groups excluding carboxylic acids is 1. The van der Waals surface area contributed by atoms with Crippen molar-refractivity contribution < 1.29 is 27.4 Å². The number of nitrogens with one attached hydrogen (secondary N) is 1. The highest BCUT2D eigenvalue weighted by atomic mass is 32.2. The van der Waals surface area contributed by atoms with Gasteiger partial charge in [0, 0.05) is 13.1 Å². The second kappa shape index (κ2) is 8.63. The van der Waals surface area contributed by atoms with Gasteiger partial charge in [0.1, 0.15) is 18.1 Å². The predicted octanol–water partition coefficient (Wildman–Crippen LogP) is 1.91. The monoisotopic (exact) mass is 432 g/mol. The van der Waals surface area contributed by atoms with E-state index in [1.165, 1.54) is 23.5 Å². The third-order valence-corrected chi connectivity index (χ3v) is 7.18. The molecule has 1 amide bonds. The minimum absolute atomic E-state index is 0.103. The van der Waals surface area contributed by atoms with Gasteiger partial charge in [0.15, 0.2) is 0 Å². The van der Waals surface area contributed by atoms with E-state index in [4.69, 9.17) is 14.2 Å². The molecule has 0 saturated carbocycles. The Morgan fingerprint density at radius 1 is 1.17 bits per heavy atom. The Hall–Kier alpha value is -2.62. The third kappa shape index (κ3) is 4.14. The van der Waals surface area contributed by atoms with Crippen LogP contribution in [0.15, 0.2) is 47.4 Å². The van der Waals surface area contributed by atoms with E-state index in [1.54, 1.807) is 6.07 Å². The van der Waals surface area contributed by atoms with E-state index in [-0.39, 0.29) is 23.3 Å². The fraction of sp³-hybridized carbons (Fsp3) is 0.381. The summed E-state index contributed by atoms with van der Waals surface area (Å²) in [5.41, 5.74) is 1.29. The van der Waals surface area contributed by atoms with E-state index >= 15 is 0 Å². The molecule has 2 aliphatic rings. The highest BCUT2D eigenvalue weighted by Crippen LogP contribution is 2.31. The Morgan fingerprint density at radius 3 is 2.70 bits per heavy atom. The topological polar surface area (TPSA) is 94.2 Å². The van der Waals surface area contributed by atoms with Crippen molar-refractivity contribution in [2.45, 2.75) is 11.3 Å². The zero-order valence-corrected chi connectivity index (χ0v) is 17.5. The average molecular weight is 432 g/mol. The molecule has 9 heteroatoms. The first-order valence-corrected chi connectivity index (χ1v) is 11.2. The summed E-state index contributed by atoms with van der Waals surface area (Å²) in [5, 5.41) is 2.83. The molecule has 0 aromatic heterocycles. The zero-order chi connectivity index (χ0) is 21.1. The summed E-state index contributed by atoms with van der Waals surface area (Å²) < 4.78 is 43.6. The molecule has 2 heterocycles. The van der Waals surface area contributed by atoms with Gasteiger partial charge >= 0.3 is 0 Å². The van der Waals surface area contributed by atoms with Gasteiger partial charge in [-0.1, -0.05) is 18.2 Å². The molecule has 2 aromatic rings. The molecular weight excluding hydrogens is 408 g/mol. The number of hydrogen-bond donors (Lipinski definition) is 1. The van der Waals surface area contributed by atoms with Gasteiger partial charge in [-0.15, -0.1) is 0 Å². The van der Waals surface area contributed by atoms with Crippen LogP contribution in [0.1, 0.15) is 5.56 Å². The van der Waals surface area contributed by atoms with Crippen molar-refractivity contribution in [2.75, 3.05) is 45.3 Å². The lowest BCUT2D eigenvalue weighted by molar-refractivity contribution is -0.121. The zero-order valence-electron chi connectivity index (χ0n) is 16.7. The van der Waals surface area contributed by atoms with Gasteiger partial charge in [0.2, 0.25) is 15.9 Å². The molecule has 2 aliphatic heterocycles. The molecular formula is C21H24N2O6S. The maximum Gasteiger partial charge on any atom is 0.243 e. The minimum Gasteiger partial charge on any atom is -0.495 e. The van der Waals surface area contributed by atoms with E-state index in [2.05, 4.69) is 5.32 Å². The van der Waals surface area contributed by atoms with Gasteiger partial charge in [-0.05, 0) is 36.2 Å². The SMILES string of the molecule is COc1ccc(S(=O)(=O)N2CCOCC2)cc1NC(=O)[C@H]1COc2ccccc2C1. The Kier molecular flexibility index (Phi) is 5.94. The van der Waals surface area contributed by atoms with Crippen LogP contribution in [-0.4, -0.2) is 58.7 Å². The summed E-state index contributed by atoms with van der Waals surface area (Å²) in [6, 6.07) is 12.1. The van der Waals surface area contributed by atoms with E-state index in [0.717, 1.165) is 11.3 Å². The Bertz CT molecular complexity index is 1030. The number of morpholine rings is 1. The first-order valence-electron chi connectivity index (χ1n) is 9.76. The number of carbonyl (C=O) groups is 1. The summed E-state index contributed by atoms with van der Waals surface area (Å²) >= 11 is 0. The van der Waals surface area contributed by atoms with Crippen molar-refractivity contribution in [3.05, 3.63) is 48.0 Å². The molecule has 0 unspecified atom stereocenters. The molecule has 30 heavy (non-hydrogen) atoms. The van der Waals surface area contributed by atoms with Gasteiger partial charge < -0.3 is 19.5 Å². The smallest absolute Gasteiger partial charge is 0.243 e.